The molecule has 7 nitrogen and oxygen atoms in total. The second-order valence-electron chi connectivity index (χ2n) is 8.09. The number of alkyl carbamates (subject to hydrolysis) is 1. The molecule has 0 heterocycles. The molecule has 4 rings (SSSR count). The van der Waals surface area contributed by atoms with Gasteiger partial charge in [-0.25, -0.2) is 4.79 Å². The summed E-state index contributed by atoms with van der Waals surface area (Å²) in [6.07, 6.45) is 3.71. The van der Waals surface area contributed by atoms with Crippen LogP contribution in [0, 0.1) is 0 Å². The molecule has 7 heteroatoms. The highest BCUT2D eigenvalue weighted by molar-refractivity contribution is 5.89. The lowest BCUT2D eigenvalue weighted by molar-refractivity contribution is -0.139. The maximum atomic E-state index is 12.5. The summed E-state index contributed by atoms with van der Waals surface area (Å²) >= 11 is 0. The minimum absolute atomic E-state index is 0.0914. The fraction of sp³-hybridized carbons (Fsp3) is 0.320. The molecule has 2 amide bonds. The first-order valence-corrected chi connectivity index (χ1v) is 10.8. The number of hydrogen-bond acceptors (Lipinski definition) is 4. The predicted molar refractivity (Wildman–Crippen MR) is 119 cm³/mol. The highest BCUT2D eigenvalue weighted by Crippen LogP contribution is 2.44. The molecule has 0 fully saturated rings. The third-order valence-corrected chi connectivity index (χ3v) is 5.96. The number of nitrogens with one attached hydrogen (secondary N) is 2. The van der Waals surface area contributed by atoms with Gasteiger partial charge in [0.25, 0.3) is 0 Å². The lowest BCUT2D eigenvalue weighted by atomic mass is 9.98. The largest absolute Gasteiger partial charge is 0.481 e. The number of hydrogen-bond donors (Lipinski definition) is 3. The predicted octanol–water partition coefficient (Wildman–Crippen LogP) is 3.59. The van der Waals surface area contributed by atoms with Gasteiger partial charge in [-0.05, 0) is 41.5 Å². The monoisotopic (exact) mass is 434 g/mol. The van der Waals surface area contributed by atoms with Crippen molar-refractivity contribution in [2.45, 2.75) is 37.6 Å². The van der Waals surface area contributed by atoms with Crippen molar-refractivity contribution in [2.24, 2.45) is 0 Å². The van der Waals surface area contributed by atoms with E-state index in [4.69, 9.17) is 9.84 Å². The van der Waals surface area contributed by atoms with Gasteiger partial charge >= 0.3 is 12.1 Å². The Bertz CT molecular complexity index is 1020. The van der Waals surface area contributed by atoms with Gasteiger partial charge in [-0.15, -0.1) is 0 Å². The number of fused-ring (bicyclic) bond motifs is 3. The second-order valence-corrected chi connectivity index (χ2v) is 8.09. The lowest BCUT2D eigenvalue weighted by Crippen LogP contribution is -2.48. The summed E-state index contributed by atoms with van der Waals surface area (Å²) in [6.45, 7) is 0.454. The molecule has 0 saturated carbocycles. The molecule has 0 radical (unpaired) electrons. The molecule has 1 unspecified atom stereocenters. The van der Waals surface area contributed by atoms with E-state index in [-0.39, 0.29) is 12.5 Å². The number of carboxylic acid groups (broad SMARTS) is 1. The van der Waals surface area contributed by atoms with E-state index < -0.39 is 30.4 Å². The van der Waals surface area contributed by atoms with Crippen LogP contribution >= 0.6 is 0 Å². The molecule has 2 aromatic carbocycles. The average molecular weight is 434 g/mol. The normalized spacial score (nSPS) is 15.3. The molecule has 1 atom stereocenters. The molecule has 2 aromatic rings. The first kappa shape index (κ1) is 21.6. The zero-order chi connectivity index (χ0) is 22.5. The summed E-state index contributed by atoms with van der Waals surface area (Å²) in [7, 11) is 0. The zero-order valence-corrected chi connectivity index (χ0v) is 17.7. The maximum absolute atomic E-state index is 12.5. The number of allylic oxidation sites excluding steroid dienone is 1. The number of carbonyl (C=O) groups excluding carboxylic acids is 2. The van der Waals surface area contributed by atoms with Gasteiger partial charge < -0.3 is 20.5 Å². The Kier molecular flexibility index (Phi) is 6.54. The quantitative estimate of drug-likeness (QED) is 0.551. The van der Waals surface area contributed by atoms with Crippen molar-refractivity contribution in [3.63, 3.8) is 0 Å². The number of carboxylic acids is 1. The topological polar surface area (TPSA) is 105 Å². The maximum Gasteiger partial charge on any atom is 0.407 e. The number of aliphatic carboxylic acids is 1. The van der Waals surface area contributed by atoms with Gasteiger partial charge in [0.1, 0.15) is 12.6 Å². The SMILES string of the molecule is O=C(O)CC(NC(=O)OCC1c2ccccc2-c2ccccc21)C(=O)NCC1=CCCC1. The van der Waals surface area contributed by atoms with Crippen molar-refractivity contribution in [1.82, 2.24) is 10.6 Å². The number of amides is 2. The van der Waals surface area contributed by atoms with Gasteiger partial charge in [-0.1, -0.05) is 60.2 Å². The molecule has 0 aliphatic heterocycles. The van der Waals surface area contributed by atoms with Crippen molar-refractivity contribution < 1.29 is 24.2 Å². The smallest absolute Gasteiger partial charge is 0.407 e. The van der Waals surface area contributed by atoms with Crippen LogP contribution in [0.25, 0.3) is 11.1 Å². The van der Waals surface area contributed by atoms with Crippen LogP contribution < -0.4 is 10.6 Å². The van der Waals surface area contributed by atoms with E-state index in [2.05, 4.69) is 16.7 Å². The van der Waals surface area contributed by atoms with Crippen molar-refractivity contribution in [3.8, 4) is 11.1 Å². The van der Waals surface area contributed by atoms with Crippen LogP contribution in [0.4, 0.5) is 4.79 Å². The standard InChI is InChI=1S/C25H26N2O5/c28-23(29)13-22(24(30)26-14-16-7-1-2-8-16)27-25(31)32-15-21-19-11-5-3-9-17(19)18-10-4-6-12-20(18)21/h3-7,9-12,21-22H,1-2,8,13-15H2,(H,26,30)(H,27,31)(H,28,29). The van der Waals surface area contributed by atoms with Gasteiger partial charge in [-0.2, -0.15) is 0 Å². The van der Waals surface area contributed by atoms with Gasteiger partial charge in [0.05, 0.1) is 6.42 Å². The second kappa shape index (κ2) is 9.68. The molecular formula is C25H26N2O5. The molecule has 166 valence electrons. The highest BCUT2D eigenvalue weighted by atomic mass is 16.5. The molecule has 0 aromatic heterocycles. The molecule has 0 spiro atoms. The van der Waals surface area contributed by atoms with Crippen molar-refractivity contribution >= 4 is 18.0 Å². The summed E-state index contributed by atoms with van der Waals surface area (Å²) in [5, 5.41) is 14.3. The van der Waals surface area contributed by atoms with E-state index in [1.165, 1.54) is 0 Å². The van der Waals surface area contributed by atoms with Crippen molar-refractivity contribution in [3.05, 3.63) is 71.3 Å². The van der Waals surface area contributed by atoms with Crippen LogP contribution in [0.2, 0.25) is 0 Å². The summed E-state index contributed by atoms with van der Waals surface area (Å²) < 4.78 is 5.45. The van der Waals surface area contributed by atoms with Crippen LogP contribution in [0.15, 0.2) is 60.2 Å². The Morgan fingerprint density at radius 2 is 1.69 bits per heavy atom. The van der Waals surface area contributed by atoms with E-state index in [0.29, 0.717) is 6.54 Å². The summed E-state index contributed by atoms with van der Waals surface area (Å²) in [4.78, 5) is 36.2. The molecular weight excluding hydrogens is 408 g/mol. The minimum Gasteiger partial charge on any atom is -0.481 e. The van der Waals surface area contributed by atoms with Crippen molar-refractivity contribution in [1.29, 1.82) is 0 Å². The van der Waals surface area contributed by atoms with E-state index >= 15 is 0 Å². The Hall–Kier alpha value is -3.61. The molecule has 0 saturated heterocycles. The van der Waals surface area contributed by atoms with E-state index in [1.807, 2.05) is 48.5 Å². The van der Waals surface area contributed by atoms with Gasteiger partial charge in [0.2, 0.25) is 5.91 Å². The van der Waals surface area contributed by atoms with Crippen LogP contribution in [0.5, 0.6) is 0 Å². The van der Waals surface area contributed by atoms with Crippen LogP contribution in [-0.4, -0.2) is 42.3 Å². The minimum atomic E-state index is -1.20. The fourth-order valence-corrected chi connectivity index (χ4v) is 4.39. The van der Waals surface area contributed by atoms with E-state index in [9.17, 15) is 14.4 Å². The first-order valence-electron chi connectivity index (χ1n) is 10.8. The van der Waals surface area contributed by atoms with Gasteiger partial charge in [0, 0.05) is 12.5 Å². The number of ether oxygens (including phenoxy) is 1. The molecule has 0 bridgehead atoms. The lowest BCUT2D eigenvalue weighted by Gasteiger charge is -2.19. The van der Waals surface area contributed by atoms with Crippen LogP contribution in [-0.2, 0) is 14.3 Å². The highest BCUT2D eigenvalue weighted by Gasteiger charge is 2.30. The van der Waals surface area contributed by atoms with Crippen LogP contribution in [0.1, 0.15) is 42.7 Å². The first-order chi connectivity index (χ1) is 15.5. The van der Waals surface area contributed by atoms with Crippen molar-refractivity contribution in [2.75, 3.05) is 13.2 Å². The third kappa shape index (κ3) is 4.82. The molecule has 2 aliphatic carbocycles. The molecule has 32 heavy (non-hydrogen) atoms. The van der Waals surface area contributed by atoms with Gasteiger partial charge in [-0.3, -0.25) is 9.59 Å². The van der Waals surface area contributed by atoms with E-state index in [0.717, 1.165) is 47.1 Å². The average Bonchev–Trinajstić information content (AvgIpc) is 3.41. The molecule has 3 N–H and O–H groups in total. The number of rotatable bonds is 8. The summed E-state index contributed by atoms with van der Waals surface area (Å²) in [6, 6.07) is 14.8. The Balaban J connectivity index is 1.38. The number of carbonyl (C=O) groups is 3. The fourth-order valence-electron chi connectivity index (χ4n) is 4.39. The zero-order valence-electron chi connectivity index (χ0n) is 17.7. The third-order valence-electron chi connectivity index (χ3n) is 5.96. The molecule has 2 aliphatic rings. The summed E-state index contributed by atoms with van der Waals surface area (Å²) in [5.41, 5.74) is 5.49. The Morgan fingerprint density at radius 3 is 2.28 bits per heavy atom. The Morgan fingerprint density at radius 1 is 1.03 bits per heavy atom. The summed E-state index contributed by atoms with van der Waals surface area (Å²) in [5.74, 6) is -1.83. The number of benzene rings is 2. The van der Waals surface area contributed by atoms with E-state index in [1.54, 1.807) is 0 Å². The van der Waals surface area contributed by atoms with Gasteiger partial charge in [0.15, 0.2) is 0 Å². The Labute approximate surface area is 186 Å². The van der Waals surface area contributed by atoms with Crippen LogP contribution in [0.3, 0.4) is 0 Å².